The van der Waals surface area contributed by atoms with Gasteiger partial charge in [0.1, 0.15) is 0 Å². The Bertz CT molecular complexity index is 402. The van der Waals surface area contributed by atoms with Gasteiger partial charge in [0.25, 0.3) is 5.91 Å². The number of hydrogen-bond donors (Lipinski definition) is 3. The third kappa shape index (κ3) is 3.78. The first-order valence-electron chi connectivity index (χ1n) is 6.97. The monoisotopic (exact) mass is 262 g/mol. The van der Waals surface area contributed by atoms with Crippen molar-refractivity contribution < 1.29 is 9.90 Å². The van der Waals surface area contributed by atoms with E-state index in [1.807, 2.05) is 30.3 Å². The Balaban J connectivity index is 1.91. The first-order chi connectivity index (χ1) is 9.18. The summed E-state index contributed by atoms with van der Waals surface area (Å²) in [6.07, 6.45) is 4.33. The van der Waals surface area contributed by atoms with Crippen molar-refractivity contribution in [3.8, 4) is 0 Å². The lowest BCUT2D eigenvalue weighted by atomic mass is 9.94. The highest BCUT2D eigenvalue weighted by Crippen LogP contribution is 2.19. The molecule has 0 aromatic heterocycles. The van der Waals surface area contributed by atoms with E-state index in [2.05, 4.69) is 5.32 Å². The van der Waals surface area contributed by atoms with E-state index in [1.165, 1.54) is 6.42 Å². The van der Waals surface area contributed by atoms with Gasteiger partial charge in [0.15, 0.2) is 6.10 Å². The average Bonchev–Trinajstić information content (AvgIpc) is 2.47. The number of amides is 1. The Hall–Kier alpha value is -1.39. The number of aliphatic hydroxyl groups excluding tert-OH is 1. The lowest BCUT2D eigenvalue weighted by Crippen LogP contribution is -2.46. The summed E-state index contributed by atoms with van der Waals surface area (Å²) >= 11 is 0. The first-order valence-corrected chi connectivity index (χ1v) is 6.97. The first kappa shape index (κ1) is 14.0. The lowest BCUT2D eigenvalue weighted by molar-refractivity contribution is -0.131. The van der Waals surface area contributed by atoms with Gasteiger partial charge in [-0.25, -0.2) is 0 Å². The molecule has 0 spiro atoms. The molecule has 19 heavy (non-hydrogen) atoms. The molecule has 104 valence electrons. The Kier molecular flexibility index (Phi) is 4.93. The molecule has 0 bridgehead atoms. The van der Waals surface area contributed by atoms with E-state index in [-0.39, 0.29) is 11.9 Å². The molecule has 4 N–H and O–H groups in total. The summed E-state index contributed by atoms with van der Waals surface area (Å²) in [5.74, 6) is -0.358. The normalized spacial score (nSPS) is 19.7. The van der Waals surface area contributed by atoms with Crippen LogP contribution in [0.3, 0.4) is 0 Å². The number of hydrogen-bond acceptors (Lipinski definition) is 3. The maximum Gasteiger partial charge on any atom is 0.251 e. The summed E-state index contributed by atoms with van der Waals surface area (Å²) in [6.45, 7) is 0. The van der Waals surface area contributed by atoms with Crippen molar-refractivity contribution in [1.82, 2.24) is 5.32 Å². The molecule has 1 aromatic carbocycles. The van der Waals surface area contributed by atoms with Gasteiger partial charge in [0.2, 0.25) is 0 Å². The van der Waals surface area contributed by atoms with Crippen molar-refractivity contribution in [3.05, 3.63) is 35.9 Å². The number of nitrogens with one attached hydrogen (secondary N) is 1. The van der Waals surface area contributed by atoms with Gasteiger partial charge >= 0.3 is 0 Å². The highest BCUT2D eigenvalue weighted by Gasteiger charge is 2.26. The highest BCUT2D eigenvalue weighted by atomic mass is 16.3. The topological polar surface area (TPSA) is 75.3 Å². The van der Waals surface area contributed by atoms with Crippen LogP contribution in [0.4, 0.5) is 0 Å². The van der Waals surface area contributed by atoms with E-state index in [4.69, 9.17) is 5.73 Å². The number of carbonyl (C=O) groups excluding carboxylic acids is 1. The molecule has 2 atom stereocenters. The standard InChI is InChI=1S/C15H22N2O2/c16-13(11-7-3-1-4-8-11)14(18)15(19)17-12-9-5-2-6-10-12/h1,3-4,7-8,12-14,18H,2,5-6,9-10,16H2,(H,17,19)/t13-,14?/m0/s1. The van der Waals surface area contributed by atoms with Crippen LogP contribution in [0, 0.1) is 0 Å². The summed E-state index contributed by atoms with van der Waals surface area (Å²) < 4.78 is 0. The Labute approximate surface area is 114 Å². The molecule has 1 fully saturated rings. The summed E-state index contributed by atoms with van der Waals surface area (Å²) in [5.41, 5.74) is 6.71. The molecule has 0 saturated heterocycles. The van der Waals surface area contributed by atoms with Gasteiger partial charge in [0.05, 0.1) is 6.04 Å². The highest BCUT2D eigenvalue weighted by molar-refractivity contribution is 5.81. The van der Waals surface area contributed by atoms with E-state index in [9.17, 15) is 9.90 Å². The molecule has 1 aliphatic carbocycles. The zero-order chi connectivity index (χ0) is 13.7. The third-order valence-electron chi connectivity index (χ3n) is 3.74. The smallest absolute Gasteiger partial charge is 0.251 e. The predicted molar refractivity (Wildman–Crippen MR) is 74.4 cm³/mol. The summed E-state index contributed by atoms with van der Waals surface area (Å²) in [5, 5.41) is 12.9. The molecule has 1 aromatic rings. The largest absolute Gasteiger partial charge is 0.381 e. The average molecular weight is 262 g/mol. The lowest BCUT2D eigenvalue weighted by Gasteiger charge is -2.26. The van der Waals surface area contributed by atoms with Gasteiger partial charge < -0.3 is 16.2 Å². The van der Waals surface area contributed by atoms with Crippen molar-refractivity contribution in [1.29, 1.82) is 0 Å². The van der Waals surface area contributed by atoms with Crippen LogP contribution in [0.5, 0.6) is 0 Å². The number of nitrogens with two attached hydrogens (primary N) is 1. The van der Waals surface area contributed by atoms with E-state index < -0.39 is 12.1 Å². The quantitative estimate of drug-likeness (QED) is 0.769. The second-order valence-corrected chi connectivity index (χ2v) is 5.22. The maximum absolute atomic E-state index is 12.0. The SMILES string of the molecule is N[C@@H](c1ccccc1)C(O)C(=O)NC1CCCCC1. The van der Waals surface area contributed by atoms with Crippen molar-refractivity contribution in [3.63, 3.8) is 0 Å². The Morgan fingerprint density at radius 2 is 1.84 bits per heavy atom. The summed E-state index contributed by atoms with van der Waals surface area (Å²) in [4.78, 5) is 12.0. The van der Waals surface area contributed by atoms with Gasteiger partial charge in [-0.1, -0.05) is 49.6 Å². The van der Waals surface area contributed by atoms with Gasteiger partial charge in [-0.15, -0.1) is 0 Å². The minimum atomic E-state index is -1.19. The van der Waals surface area contributed by atoms with Crippen LogP contribution < -0.4 is 11.1 Å². The van der Waals surface area contributed by atoms with Crippen LogP contribution in [-0.4, -0.2) is 23.2 Å². The van der Waals surface area contributed by atoms with Crippen LogP contribution in [0.2, 0.25) is 0 Å². The number of carbonyl (C=O) groups is 1. The predicted octanol–water partition coefficient (Wildman–Crippen LogP) is 1.50. The van der Waals surface area contributed by atoms with E-state index in [0.29, 0.717) is 0 Å². The molecule has 0 radical (unpaired) electrons. The van der Waals surface area contributed by atoms with Crippen LogP contribution in [0.15, 0.2) is 30.3 Å². The minimum Gasteiger partial charge on any atom is -0.381 e. The van der Waals surface area contributed by atoms with Crippen LogP contribution >= 0.6 is 0 Å². The van der Waals surface area contributed by atoms with E-state index in [0.717, 1.165) is 31.2 Å². The molecule has 0 aliphatic heterocycles. The number of rotatable bonds is 4. The number of benzene rings is 1. The van der Waals surface area contributed by atoms with Crippen LogP contribution in [-0.2, 0) is 4.79 Å². The molecule has 2 rings (SSSR count). The van der Waals surface area contributed by atoms with Crippen molar-refractivity contribution in [2.75, 3.05) is 0 Å². The molecule has 1 saturated carbocycles. The van der Waals surface area contributed by atoms with Crippen molar-refractivity contribution in [2.45, 2.75) is 50.3 Å². The van der Waals surface area contributed by atoms with Gasteiger partial charge in [-0.2, -0.15) is 0 Å². The molecular formula is C15H22N2O2. The zero-order valence-electron chi connectivity index (χ0n) is 11.1. The molecule has 0 heterocycles. The minimum absolute atomic E-state index is 0.193. The molecule has 4 nitrogen and oxygen atoms in total. The van der Waals surface area contributed by atoms with Gasteiger partial charge in [-0.3, -0.25) is 4.79 Å². The van der Waals surface area contributed by atoms with Crippen LogP contribution in [0.25, 0.3) is 0 Å². The summed E-state index contributed by atoms with van der Waals surface area (Å²) in [6, 6.07) is 8.74. The van der Waals surface area contributed by atoms with Crippen molar-refractivity contribution >= 4 is 5.91 Å². The van der Waals surface area contributed by atoms with Crippen LogP contribution in [0.1, 0.15) is 43.7 Å². The fourth-order valence-electron chi connectivity index (χ4n) is 2.55. The molecule has 4 heteroatoms. The fraction of sp³-hybridized carbons (Fsp3) is 0.533. The number of aliphatic hydroxyl groups is 1. The van der Waals surface area contributed by atoms with E-state index in [1.54, 1.807) is 0 Å². The Morgan fingerprint density at radius 3 is 2.47 bits per heavy atom. The molecular weight excluding hydrogens is 240 g/mol. The second kappa shape index (κ2) is 6.68. The van der Waals surface area contributed by atoms with Crippen molar-refractivity contribution in [2.24, 2.45) is 5.73 Å². The fourth-order valence-corrected chi connectivity index (χ4v) is 2.55. The molecule has 1 unspecified atom stereocenters. The maximum atomic E-state index is 12.0. The second-order valence-electron chi connectivity index (χ2n) is 5.22. The Morgan fingerprint density at radius 1 is 1.21 bits per heavy atom. The zero-order valence-corrected chi connectivity index (χ0v) is 11.1. The van der Waals surface area contributed by atoms with Gasteiger partial charge in [-0.05, 0) is 18.4 Å². The summed E-state index contributed by atoms with van der Waals surface area (Å²) in [7, 11) is 0. The van der Waals surface area contributed by atoms with E-state index >= 15 is 0 Å². The molecule has 1 aliphatic rings. The van der Waals surface area contributed by atoms with Gasteiger partial charge in [0, 0.05) is 6.04 Å². The molecule has 1 amide bonds. The third-order valence-corrected chi connectivity index (χ3v) is 3.74.